The van der Waals surface area contributed by atoms with E-state index in [0.29, 0.717) is 21.1 Å². The summed E-state index contributed by atoms with van der Waals surface area (Å²) in [7, 11) is 0. The minimum Gasteiger partial charge on any atom is -0.312 e. The Kier molecular flexibility index (Phi) is 2.95. The third-order valence-corrected chi connectivity index (χ3v) is 4.73. The van der Waals surface area contributed by atoms with Crippen molar-refractivity contribution < 1.29 is 0 Å². The second-order valence-electron chi connectivity index (χ2n) is 4.83. The molecule has 22 heavy (non-hydrogen) atoms. The van der Waals surface area contributed by atoms with Gasteiger partial charge in [-0.2, -0.15) is 0 Å². The average molecular weight is 329 g/mol. The molecule has 3 aromatic heterocycles. The standard InChI is InChI=1S/C15H9ClN4OS/c1-7-10-11-12(14(21)18-6-17-11)22-15(10)20-13(19-7)8-2-4-9(16)5-3-8/h2-6H,1H3,(H,17,18,21). The lowest BCUT2D eigenvalue weighted by atomic mass is 10.2. The summed E-state index contributed by atoms with van der Waals surface area (Å²) < 4.78 is 0.572. The zero-order valence-corrected chi connectivity index (χ0v) is 13.0. The first-order valence-electron chi connectivity index (χ1n) is 6.54. The molecule has 0 aliphatic rings. The molecular weight excluding hydrogens is 320 g/mol. The summed E-state index contributed by atoms with van der Waals surface area (Å²) >= 11 is 7.24. The fourth-order valence-corrected chi connectivity index (χ4v) is 3.58. The van der Waals surface area contributed by atoms with Gasteiger partial charge in [-0.15, -0.1) is 11.3 Å². The van der Waals surface area contributed by atoms with E-state index in [1.165, 1.54) is 17.7 Å². The zero-order chi connectivity index (χ0) is 15.3. The van der Waals surface area contributed by atoms with Crippen LogP contribution in [-0.4, -0.2) is 19.9 Å². The number of H-pyrrole nitrogens is 1. The van der Waals surface area contributed by atoms with Crippen LogP contribution in [0.1, 0.15) is 5.69 Å². The highest BCUT2D eigenvalue weighted by Gasteiger charge is 2.15. The summed E-state index contributed by atoms with van der Waals surface area (Å²) in [5.41, 5.74) is 2.19. The van der Waals surface area contributed by atoms with Crippen LogP contribution in [0.25, 0.3) is 31.8 Å². The molecule has 0 saturated heterocycles. The number of halogens is 1. The van der Waals surface area contributed by atoms with Gasteiger partial charge in [0.1, 0.15) is 9.53 Å². The van der Waals surface area contributed by atoms with Crippen LogP contribution in [0.3, 0.4) is 0 Å². The Balaban J connectivity index is 2.04. The lowest BCUT2D eigenvalue weighted by molar-refractivity contribution is 1.16. The summed E-state index contributed by atoms with van der Waals surface area (Å²) in [4.78, 5) is 28.7. The lowest BCUT2D eigenvalue weighted by Gasteiger charge is -2.03. The van der Waals surface area contributed by atoms with Gasteiger partial charge < -0.3 is 4.98 Å². The summed E-state index contributed by atoms with van der Waals surface area (Å²) in [6, 6.07) is 7.36. The van der Waals surface area contributed by atoms with Crippen LogP contribution in [-0.2, 0) is 0 Å². The molecule has 0 aliphatic carbocycles. The monoisotopic (exact) mass is 328 g/mol. The average Bonchev–Trinajstić information content (AvgIpc) is 2.88. The summed E-state index contributed by atoms with van der Waals surface area (Å²) in [5, 5.41) is 1.50. The number of nitrogens with one attached hydrogen (secondary N) is 1. The van der Waals surface area contributed by atoms with Gasteiger partial charge in [-0.05, 0) is 31.2 Å². The minimum absolute atomic E-state index is 0.152. The number of fused-ring (bicyclic) bond motifs is 3. The van der Waals surface area contributed by atoms with Crippen molar-refractivity contribution in [3.05, 3.63) is 51.7 Å². The minimum atomic E-state index is -0.152. The normalized spacial score (nSPS) is 11.4. The number of nitrogens with zero attached hydrogens (tertiary/aromatic N) is 3. The Labute approximate surface area is 133 Å². The van der Waals surface area contributed by atoms with Gasteiger partial charge in [-0.3, -0.25) is 4.79 Å². The number of aryl methyl sites for hydroxylation is 1. The molecule has 0 amide bonds. The van der Waals surface area contributed by atoms with Gasteiger partial charge in [0.05, 0.1) is 22.9 Å². The molecule has 0 unspecified atom stereocenters. The van der Waals surface area contributed by atoms with Gasteiger partial charge in [-0.1, -0.05) is 11.6 Å². The molecule has 0 atom stereocenters. The molecule has 0 radical (unpaired) electrons. The van der Waals surface area contributed by atoms with Crippen molar-refractivity contribution in [1.82, 2.24) is 19.9 Å². The lowest BCUT2D eigenvalue weighted by Crippen LogP contribution is -2.03. The second-order valence-corrected chi connectivity index (χ2v) is 6.27. The smallest absolute Gasteiger partial charge is 0.268 e. The van der Waals surface area contributed by atoms with Crippen molar-refractivity contribution in [1.29, 1.82) is 0 Å². The van der Waals surface area contributed by atoms with E-state index in [1.807, 2.05) is 19.1 Å². The molecule has 1 aromatic carbocycles. The Bertz CT molecular complexity index is 1070. The number of rotatable bonds is 1. The van der Waals surface area contributed by atoms with Crippen LogP contribution in [0.4, 0.5) is 0 Å². The van der Waals surface area contributed by atoms with Crippen LogP contribution in [0.15, 0.2) is 35.4 Å². The van der Waals surface area contributed by atoms with E-state index in [-0.39, 0.29) is 5.56 Å². The number of thiophene rings is 1. The van der Waals surface area contributed by atoms with Crippen LogP contribution >= 0.6 is 22.9 Å². The van der Waals surface area contributed by atoms with E-state index >= 15 is 0 Å². The van der Waals surface area contributed by atoms with Gasteiger partial charge in [0, 0.05) is 10.6 Å². The molecule has 0 fully saturated rings. The van der Waals surface area contributed by atoms with Crippen molar-refractivity contribution >= 4 is 43.4 Å². The quantitative estimate of drug-likeness (QED) is 0.580. The Morgan fingerprint density at radius 2 is 1.95 bits per heavy atom. The van der Waals surface area contributed by atoms with E-state index in [9.17, 15) is 4.79 Å². The number of aromatic amines is 1. The van der Waals surface area contributed by atoms with Gasteiger partial charge in [0.25, 0.3) is 5.56 Å². The Hall–Kier alpha value is -2.31. The molecule has 7 heteroatoms. The van der Waals surface area contributed by atoms with Crippen molar-refractivity contribution in [2.45, 2.75) is 6.92 Å². The largest absolute Gasteiger partial charge is 0.312 e. The summed E-state index contributed by atoms with van der Waals surface area (Å²) in [6.45, 7) is 1.90. The van der Waals surface area contributed by atoms with Gasteiger partial charge >= 0.3 is 0 Å². The summed E-state index contributed by atoms with van der Waals surface area (Å²) in [6.07, 6.45) is 1.41. The van der Waals surface area contributed by atoms with Crippen molar-refractivity contribution in [2.75, 3.05) is 0 Å². The van der Waals surface area contributed by atoms with Crippen LogP contribution in [0, 0.1) is 6.92 Å². The maximum Gasteiger partial charge on any atom is 0.268 e. The molecule has 3 heterocycles. The first kappa shape index (κ1) is 13.4. The van der Waals surface area contributed by atoms with Crippen molar-refractivity contribution in [3.63, 3.8) is 0 Å². The van der Waals surface area contributed by atoms with E-state index in [2.05, 4.69) is 19.9 Å². The highest BCUT2D eigenvalue weighted by molar-refractivity contribution is 7.25. The molecule has 0 bridgehead atoms. The molecule has 0 spiro atoms. The third-order valence-electron chi connectivity index (χ3n) is 3.41. The highest BCUT2D eigenvalue weighted by Crippen LogP contribution is 2.32. The SMILES string of the molecule is Cc1nc(-c2ccc(Cl)cc2)nc2sc3c(=O)[nH]cnc3c12. The summed E-state index contributed by atoms with van der Waals surface area (Å²) in [5.74, 6) is 0.615. The Morgan fingerprint density at radius 1 is 1.18 bits per heavy atom. The van der Waals surface area contributed by atoms with Gasteiger partial charge in [-0.25, -0.2) is 15.0 Å². The predicted octanol–water partition coefficient (Wildman–Crippen LogP) is 3.56. The number of hydrogen-bond acceptors (Lipinski definition) is 5. The number of benzene rings is 1. The van der Waals surface area contributed by atoms with E-state index in [4.69, 9.17) is 11.6 Å². The van der Waals surface area contributed by atoms with Crippen LogP contribution in [0.2, 0.25) is 5.02 Å². The fraction of sp³-hybridized carbons (Fsp3) is 0.0667. The van der Waals surface area contributed by atoms with E-state index < -0.39 is 0 Å². The maximum absolute atomic E-state index is 11.9. The first-order chi connectivity index (χ1) is 10.6. The zero-order valence-electron chi connectivity index (χ0n) is 11.4. The molecular formula is C15H9ClN4OS. The molecule has 4 rings (SSSR count). The predicted molar refractivity (Wildman–Crippen MR) is 88.5 cm³/mol. The van der Waals surface area contributed by atoms with Gasteiger partial charge in [0.2, 0.25) is 0 Å². The molecule has 0 aliphatic heterocycles. The van der Waals surface area contributed by atoms with Crippen molar-refractivity contribution in [2.24, 2.45) is 0 Å². The molecule has 5 nitrogen and oxygen atoms in total. The van der Waals surface area contributed by atoms with Crippen LogP contribution in [0.5, 0.6) is 0 Å². The Morgan fingerprint density at radius 3 is 2.73 bits per heavy atom. The van der Waals surface area contributed by atoms with Crippen molar-refractivity contribution in [3.8, 4) is 11.4 Å². The molecule has 108 valence electrons. The van der Waals surface area contributed by atoms with E-state index in [1.54, 1.807) is 12.1 Å². The molecule has 0 saturated carbocycles. The van der Waals surface area contributed by atoms with Crippen LogP contribution < -0.4 is 5.56 Å². The highest BCUT2D eigenvalue weighted by atomic mass is 35.5. The number of hydrogen-bond donors (Lipinski definition) is 1. The number of aromatic nitrogens is 4. The van der Waals surface area contributed by atoms with Gasteiger partial charge in [0.15, 0.2) is 5.82 Å². The second kappa shape index (κ2) is 4.86. The molecule has 1 N–H and O–H groups in total. The topological polar surface area (TPSA) is 71.5 Å². The van der Waals surface area contributed by atoms with E-state index in [0.717, 1.165) is 21.5 Å². The maximum atomic E-state index is 11.9. The fourth-order valence-electron chi connectivity index (χ4n) is 2.38. The molecule has 4 aromatic rings. The third kappa shape index (κ3) is 2.00. The first-order valence-corrected chi connectivity index (χ1v) is 7.73.